The van der Waals surface area contributed by atoms with Crippen LogP contribution in [0.25, 0.3) is 0 Å². The number of nitrogens with one attached hydrogen (secondary N) is 1. The summed E-state index contributed by atoms with van der Waals surface area (Å²) in [5.74, 6) is -0.0154. The van der Waals surface area contributed by atoms with Gasteiger partial charge >= 0.3 is 6.18 Å². The van der Waals surface area contributed by atoms with E-state index in [0.717, 1.165) is 18.9 Å². The predicted octanol–water partition coefficient (Wildman–Crippen LogP) is 2.82. The minimum absolute atomic E-state index is 0.0471. The quantitative estimate of drug-likeness (QED) is 0.870. The molecule has 1 aliphatic rings. The Bertz CT molecular complexity index is 570. The van der Waals surface area contributed by atoms with Gasteiger partial charge in [-0.2, -0.15) is 13.2 Å². The molecule has 0 fully saturated rings. The van der Waals surface area contributed by atoms with Crippen molar-refractivity contribution in [1.82, 2.24) is 15.3 Å². The molecule has 0 radical (unpaired) electrons. The number of halogens is 3. The molecule has 0 aromatic carbocycles. The minimum Gasteiger partial charge on any atom is -0.355 e. The first kappa shape index (κ1) is 16.5. The minimum atomic E-state index is -4.49. The number of nitrogens with zero attached hydrogens (tertiary/aromatic N) is 2. The van der Waals surface area contributed by atoms with E-state index < -0.39 is 11.9 Å². The Morgan fingerprint density at radius 1 is 1.36 bits per heavy atom. The highest BCUT2D eigenvalue weighted by Gasteiger charge is 2.33. The average molecular weight is 313 g/mol. The Labute approximate surface area is 126 Å². The van der Waals surface area contributed by atoms with Crippen LogP contribution in [0.5, 0.6) is 0 Å². The van der Waals surface area contributed by atoms with Crippen molar-refractivity contribution in [2.45, 2.75) is 38.8 Å². The number of amides is 1. The molecular weight excluding hydrogens is 295 g/mol. The third-order valence-electron chi connectivity index (χ3n) is 3.48. The molecule has 7 heteroatoms. The Kier molecular flexibility index (Phi) is 5.15. The average Bonchev–Trinajstić information content (AvgIpc) is 2.46. The molecule has 0 saturated heterocycles. The highest BCUT2D eigenvalue weighted by atomic mass is 19.4. The van der Waals surface area contributed by atoms with E-state index in [-0.39, 0.29) is 36.3 Å². The molecule has 0 aliphatic heterocycles. The van der Waals surface area contributed by atoms with Gasteiger partial charge in [-0.05, 0) is 32.3 Å². The maximum atomic E-state index is 12.7. The van der Waals surface area contributed by atoms with Crippen LogP contribution in [0.4, 0.5) is 13.2 Å². The molecule has 0 saturated carbocycles. The second-order valence-electron chi connectivity index (χ2n) is 5.33. The van der Waals surface area contributed by atoms with Crippen molar-refractivity contribution in [3.63, 3.8) is 0 Å². The van der Waals surface area contributed by atoms with Gasteiger partial charge in [0, 0.05) is 24.6 Å². The van der Waals surface area contributed by atoms with Crippen LogP contribution in [-0.4, -0.2) is 22.4 Å². The molecule has 4 nitrogen and oxygen atoms in total. The maximum Gasteiger partial charge on any atom is 0.433 e. The first-order chi connectivity index (χ1) is 10.4. The van der Waals surface area contributed by atoms with E-state index in [1.807, 2.05) is 12.2 Å². The number of carbonyl (C=O) groups excluding carboxylic acids is 1. The third-order valence-corrected chi connectivity index (χ3v) is 3.48. The van der Waals surface area contributed by atoms with Gasteiger partial charge in [0.2, 0.25) is 5.91 Å². The van der Waals surface area contributed by atoms with E-state index in [0.29, 0.717) is 6.42 Å². The normalized spacial score (nSPS) is 18.3. The van der Waals surface area contributed by atoms with E-state index in [9.17, 15) is 18.0 Å². The maximum absolute atomic E-state index is 12.7. The second-order valence-corrected chi connectivity index (χ2v) is 5.33. The van der Waals surface area contributed by atoms with Crippen molar-refractivity contribution in [2.75, 3.05) is 6.54 Å². The molecule has 1 atom stereocenters. The Balaban J connectivity index is 1.90. The van der Waals surface area contributed by atoms with Gasteiger partial charge in [0.15, 0.2) is 0 Å². The standard InChI is InChI=1S/C15H18F3N3O/c1-10-9-12(15(16,17)18)21-13(20-10)7-8-19-14(22)11-5-3-2-4-6-11/h2-3,9,11H,4-8H2,1H3,(H,19,22). The second kappa shape index (κ2) is 6.89. The smallest absolute Gasteiger partial charge is 0.355 e. The molecule has 120 valence electrons. The monoisotopic (exact) mass is 313 g/mol. The van der Waals surface area contributed by atoms with Crippen LogP contribution >= 0.6 is 0 Å². The first-order valence-electron chi connectivity index (χ1n) is 7.20. The fourth-order valence-corrected chi connectivity index (χ4v) is 2.36. The number of rotatable bonds is 4. The van der Waals surface area contributed by atoms with Crippen molar-refractivity contribution >= 4 is 5.91 Å². The van der Waals surface area contributed by atoms with Crippen molar-refractivity contribution < 1.29 is 18.0 Å². The molecule has 1 aromatic heterocycles. The van der Waals surface area contributed by atoms with Crippen LogP contribution in [0, 0.1) is 12.8 Å². The lowest BCUT2D eigenvalue weighted by Gasteiger charge is -2.17. The fourth-order valence-electron chi connectivity index (χ4n) is 2.36. The van der Waals surface area contributed by atoms with Crippen molar-refractivity contribution in [1.29, 1.82) is 0 Å². The zero-order valence-electron chi connectivity index (χ0n) is 12.3. The van der Waals surface area contributed by atoms with Gasteiger partial charge in [0.1, 0.15) is 11.5 Å². The van der Waals surface area contributed by atoms with Gasteiger partial charge < -0.3 is 5.32 Å². The van der Waals surface area contributed by atoms with E-state index in [1.54, 1.807) is 0 Å². The number of aromatic nitrogens is 2. The van der Waals surface area contributed by atoms with E-state index in [2.05, 4.69) is 15.3 Å². The number of hydrogen-bond acceptors (Lipinski definition) is 3. The zero-order chi connectivity index (χ0) is 16.2. The van der Waals surface area contributed by atoms with Crippen LogP contribution in [0.2, 0.25) is 0 Å². The predicted molar refractivity (Wildman–Crippen MR) is 75.0 cm³/mol. The van der Waals surface area contributed by atoms with Crippen molar-refractivity contribution in [3.05, 3.63) is 35.4 Å². The first-order valence-corrected chi connectivity index (χ1v) is 7.20. The summed E-state index contributed by atoms with van der Waals surface area (Å²) in [6.45, 7) is 1.73. The molecule has 1 aromatic rings. The summed E-state index contributed by atoms with van der Waals surface area (Å²) < 4.78 is 38.0. The Hall–Kier alpha value is -1.92. The van der Waals surface area contributed by atoms with E-state index in [1.165, 1.54) is 6.92 Å². The van der Waals surface area contributed by atoms with Crippen LogP contribution in [0.15, 0.2) is 18.2 Å². The number of carbonyl (C=O) groups is 1. The number of hydrogen-bond donors (Lipinski definition) is 1. The summed E-state index contributed by atoms with van der Waals surface area (Å²) in [4.78, 5) is 19.4. The van der Waals surface area contributed by atoms with Crippen LogP contribution < -0.4 is 5.32 Å². The fraction of sp³-hybridized carbons (Fsp3) is 0.533. The van der Waals surface area contributed by atoms with E-state index in [4.69, 9.17) is 0 Å². The highest BCUT2D eigenvalue weighted by Crippen LogP contribution is 2.27. The molecule has 1 amide bonds. The molecule has 1 aliphatic carbocycles. The molecular formula is C15H18F3N3O. The summed E-state index contributed by atoms with van der Waals surface area (Å²) >= 11 is 0. The lowest BCUT2D eigenvalue weighted by Crippen LogP contribution is -2.33. The van der Waals surface area contributed by atoms with Crippen molar-refractivity contribution in [2.24, 2.45) is 5.92 Å². The number of alkyl halides is 3. The Morgan fingerprint density at radius 3 is 2.77 bits per heavy atom. The highest BCUT2D eigenvalue weighted by molar-refractivity contribution is 5.78. The topological polar surface area (TPSA) is 54.9 Å². The summed E-state index contributed by atoms with van der Waals surface area (Å²) in [5, 5.41) is 2.74. The molecule has 1 N–H and O–H groups in total. The van der Waals surface area contributed by atoms with Crippen LogP contribution in [0.3, 0.4) is 0 Å². The van der Waals surface area contributed by atoms with E-state index >= 15 is 0 Å². The SMILES string of the molecule is Cc1cc(C(F)(F)F)nc(CCNC(=O)C2CC=CCC2)n1. The molecule has 1 unspecified atom stereocenters. The summed E-state index contributed by atoms with van der Waals surface area (Å²) in [6.07, 6.45) is 2.12. The zero-order valence-corrected chi connectivity index (χ0v) is 12.3. The van der Waals surface area contributed by atoms with Gasteiger partial charge in [0.05, 0.1) is 0 Å². The lowest BCUT2D eigenvalue weighted by molar-refractivity contribution is -0.141. The molecule has 1 heterocycles. The summed E-state index contributed by atoms with van der Waals surface area (Å²) in [7, 11) is 0. The van der Waals surface area contributed by atoms with Gasteiger partial charge in [-0.3, -0.25) is 4.79 Å². The molecule has 0 bridgehead atoms. The van der Waals surface area contributed by atoms with Gasteiger partial charge in [-0.25, -0.2) is 9.97 Å². The number of allylic oxidation sites excluding steroid dienone is 2. The van der Waals surface area contributed by atoms with Gasteiger partial charge in [-0.1, -0.05) is 12.2 Å². The largest absolute Gasteiger partial charge is 0.433 e. The van der Waals surface area contributed by atoms with Crippen LogP contribution in [-0.2, 0) is 17.4 Å². The number of aryl methyl sites for hydroxylation is 1. The van der Waals surface area contributed by atoms with Crippen LogP contribution in [0.1, 0.15) is 36.5 Å². The summed E-state index contributed by atoms with van der Waals surface area (Å²) in [5.41, 5.74) is -0.681. The molecule has 22 heavy (non-hydrogen) atoms. The lowest BCUT2D eigenvalue weighted by atomic mass is 9.94. The third kappa shape index (κ3) is 4.54. The van der Waals surface area contributed by atoms with Crippen molar-refractivity contribution in [3.8, 4) is 0 Å². The molecule has 0 spiro atoms. The molecule has 2 rings (SSSR count). The van der Waals surface area contributed by atoms with Gasteiger partial charge in [0.25, 0.3) is 0 Å². The van der Waals surface area contributed by atoms with Gasteiger partial charge in [-0.15, -0.1) is 0 Å². The summed E-state index contributed by atoms with van der Waals surface area (Å²) in [6, 6.07) is 0.913. The Morgan fingerprint density at radius 2 is 2.14 bits per heavy atom.